The third-order valence-electron chi connectivity index (χ3n) is 3.41. The van der Waals surface area contributed by atoms with Crippen molar-refractivity contribution in [1.29, 1.82) is 0 Å². The molecule has 0 saturated heterocycles. The monoisotopic (exact) mass is 235 g/mol. The molecule has 1 aliphatic rings. The van der Waals surface area contributed by atoms with Gasteiger partial charge in [-0.25, -0.2) is 9.97 Å². The highest BCUT2D eigenvalue weighted by atomic mass is 35.5. The Kier molecular flexibility index (Phi) is 2.36. The molecule has 2 aromatic rings. The average Bonchev–Trinajstić information content (AvgIpc) is 2.57. The Hall–Kier alpha value is -1.09. The molecular weight excluding hydrogens is 222 g/mol. The van der Waals surface area contributed by atoms with Crippen molar-refractivity contribution in [3.8, 4) is 0 Å². The molecule has 1 fully saturated rings. The normalized spacial score (nSPS) is 16.6. The lowest BCUT2D eigenvalue weighted by Crippen LogP contribution is -2.19. The molecule has 0 aliphatic heterocycles. The van der Waals surface area contributed by atoms with Crippen LogP contribution in [0.25, 0.3) is 11.2 Å². The van der Waals surface area contributed by atoms with Crippen molar-refractivity contribution < 1.29 is 0 Å². The number of imidazole rings is 1. The van der Waals surface area contributed by atoms with Crippen LogP contribution in [0.1, 0.15) is 36.7 Å². The fourth-order valence-corrected chi connectivity index (χ4v) is 2.47. The average molecular weight is 236 g/mol. The number of pyridine rings is 1. The Morgan fingerprint density at radius 2 is 2.31 bits per heavy atom. The van der Waals surface area contributed by atoms with Gasteiger partial charge in [-0.15, -0.1) is 11.6 Å². The third kappa shape index (κ3) is 1.34. The summed E-state index contributed by atoms with van der Waals surface area (Å²) in [5.74, 6) is 1.43. The number of nitrogens with zero attached hydrogens (tertiary/aromatic N) is 3. The summed E-state index contributed by atoms with van der Waals surface area (Å²) in [4.78, 5) is 9.06. The molecule has 0 bridgehead atoms. The second-order valence-corrected chi connectivity index (χ2v) is 4.68. The van der Waals surface area contributed by atoms with E-state index in [1.807, 2.05) is 12.3 Å². The van der Waals surface area contributed by atoms with E-state index in [1.54, 1.807) is 0 Å². The van der Waals surface area contributed by atoms with Gasteiger partial charge in [0.15, 0.2) is 5.65 Å². The number of fused-ring (bicyclic) bond motifs is 1. The molecule has 2 aromatic heterocycles. The van der Waals surface area contributed by atoms with Crippen molar-refractivity contribution in [3.05, 3.63) is 23.7 Å². The van der Waals surface area contributed by atoms with E-state index in [4.69, 9.17) is 11.6 Å². The first kappa shape index (κ1) is 10.1. The molecule has 4 heteroatoms. The van der Waals surface area contributed by atoms with Crippen LogP contribution in [0.4, 0.5) is 0 Å². The molecule has 0 unspecified atom stereocenters. The number of rotatable bonds is 2. The second kappa shape index (κ2) is 3.74. The summed E-state index contributed by atoms with van der Waals surface area (Å²) in [6, 6.07) is 2.56. The van der Waals surface area contributed by atoms with Crippen LogP contribution >= 0.6 is 11.6 Å². The number of hydrogen-bond donors (Lipinski definition) is 0. The van der Waals surface area contributed by atoms with Gasteiger partial charge in [-0.05, 0) is 37.8 Å². The van der Waals surface area contributed by atoms with E-state index in [1.165, 1.54) is 24.8 Å². The van der Waals surface area contributed by atoms with Crippen LogP contribution in [0.5, 0.6) is 0 Å². The van der Waals surface area contributed by atoms with Crippen molar-refractivity contribution in [1.82, 2.24) is 14.5 Å². The van der Waals surface area contributed by atoms with E-state index in [0.717, 1.165) is 17.0 Å². The molecule has 1 aliphatic carbocycles. The summed E-state index contributed by atoms with van der Waals surface area (Å²) < 4.78 is 2.23. The quantitative estimate of drug-likeness (QED) is 0.749. The zero-order valence-electron chi connectivity index (χ0n) is 9.28. The van der Waals surface area contributed by atoms with Crippen molar-refractivity contribution in [2.24, 2.45) is 0 Å². The van der Waals surface area contributed by atoms with Gasteiger partial charge in [0.2, 0.25) is 0 Å². The maximum Gasteiger partial charge on any atom is 0.160 e. The molecule has 2 heterocycles. The van der Waals surface area contributed by atoms with Gasteiger partial charge in [0, 0.05) is 12.2 Å². The molecule has 16 heavy (non-hydrogen) atoms. The van der Waals surface area contributed by atoms with Gasteiger partial charge in [0.25, 0.3) is 0 Å². The Balaban J connectivity index is 2.26. The first-order chi connectivity index (χ1) is 7.81. The van der Waals surface area contributed by atoms with Gasteiger partial charge in [-0.1, -0.05) is 0 Å². The fourth-order valence-electron chi connectivity index (χ4n) is 2.28. The predicted molar refractivity (Wildman–Crippen MR) is 64.7 cm³/mol. The van der Waals surface area contributed by atoms with Gasteiger partial charge >= 0.3 is 0 Å². The lowest BCUT2D eigenvalue weighted by atomic mass is 9.93. The molecule has 0 amide bonds. The van der Waals surface area contributed by atoms with Crippen LogP contribution in [-0.4, -0.2) is 14.5 Å². The van der Waals surface area contributed by atoms with Gasteiger partial charge in [0.1, 0.15) is 11.3 Å². The minimum Gasteiger partial charge on any atom is -0.309 e. The summed E-state index contributed by atoms with van der Waals surface area (Å²) in [5.41, 5.74) is 3.18. The topological polar surface area (TPSA) is 30.7 Å². The van der Waals surface area contributed by atoms with Crippen LogP contribution in [0, 0.1) is 6.92 Å². The van der Waals surface area contributed by atoms with Crippen molar-refractivity contribution in [2.45, 2.75) is 38.1 Å². The number of alkyl halides is 1. The second-order valence-electron chi connectivity index (χ2n) is 4.42. The molecule has 3 nitrogen and oxygen atoms in total. The van der Waals surface area contributed by atoms with Crippen molar-refractivity contribution in [3.63, 3.8) is 0 Å². The third-order valence-corrected chi connectivity index (χ3v) is 3.65. The maximum atomic E-state index is 5.97. The van der Waals surface area contributed by atoms with Crippen LogP contribution < -0.4 is 0 Å². The first-order valence-electron chi connectivity index (χ1n) is 5.69. The molecular formula is C12H14ClN3. The molecule has 0 aromatic carbocycles. The summed E-state index contributed by atoms with van der Waals surface area (Å²) in [7, 11) is 0. The van der Waals surface area contributed by atoms with Crippen molar-refractivity contribution >= 4 is 22.8 Å². The highest BCUT2D eigenvalue weighted by Crippen LogP contribution is 2.35. The van der Waals surface area contributed by atoms with E-state index in [-0.39, 0.29) is 0 Å². The van der Waals surface area contributed by atoms with Crippen LogP contribution in [-0.2, 0) is 5.88 Å². The van der Waals surface area contributed by atoms with Gasteiger partial charge in [-0.3, -0.25) is 0 Å². The molecule has 0 radical (unpaired) electrons. The highest BCUT2D eigenvalue weighted by molar-refractivity contribution is 6.16. The molecule has 1 saturated carbocycles. The number of aryl methyl sites for hydroxylation is 1. The largest absolute Gasteiger partial charge is 0.309 e. The zero-order valence-corrected chi connectivity index (χ0v) is 10.0. The molecule has 84 valence electrons. The van der Waals surface area contributed by atoms with Crippen LogP contribution in [0.15, 0.2) is 12.3 Å². The zero-order chi connectivity index (χ0) is 11.1. The van der Waals surface area contributed by atoms with Gasteiger partial charge < -0.3 is 4.57 Å². The van der Waals surface area contributed by atoms with E-state index in [9.17, 15) is 0 Å². The Labute approximate surface area is 99.5 Å². The summed E-state index contributed by atoms with van der Waals surface area (Å²) in [6.07, 6.45) is 5.61. The number of aromatic nitrogens is 3. The maximum absolute atomic E-state index is 5.97. The van der Waals surface area contributed by atoms with Crippen molar-refractivity contribution in [2.75, 3.05) is 0 Å². The number of halogens is 1. The van der Waals surface area contributed by atoms with Gasteiger partial charge in [-0.2, -0.15) is 0 Å². The minimum atomic E-state index is 0.465. The summed E-state index contributed by atoms with van der Waals surface area (Å²) in [6.45, 7) is 2.07. The standard InChI is InChI=1S/C12H14ClN3/c1-8-5-6-14-12-11(8)15-10(7-13)16(12)9-3-2-4-9/h5-6,9H,2-4,7H2,1H3. The van der Waals surface area contributed by atoms with E-state index < -0.39 is 0 Å². The molecule has 0 atom stereocenters. The SMILES string of the molecule is Cc1ccnc2c1nc(CCl)n2C1CCC1. The highest BCUT2D eigenvalue weighted by Gasteiger charge is 2.25. The lowest BCUT2D eigenvalue weighted by Gasteiger charge is -2.28. The van der Waals surface area contributed by atoms with Crippen LogP contribution in [0.3, 0.4) is 0 Å². The fraction of sp³-hybridized carbons (Fsp3) is 0.500. The van der Waals surface area contributed by atoms with E-state index in [0.29, 0.717) is 11.9 Å². The first-order valence-corrected chi connectivity index (χ1v) is 6.23. The number of hydrogen-bond acceptors (Lipinski definition) is 2. The summed E-state index contributed by atoms with van der Waals surface area (Å²) >= 11 is 5.97. The minimum absolute atomic E-state index is 0.465. The smallest absolute Gasteiger partial charge is 0.160 e. The Bertz CT molecular complexity index is 528. The Morgan fingerprint density at radius 3 is 2.94 bits per heavy atom. The lowest BCUT2D eigenvalue weighted by molar-refractivity contribution is 0.314. The van der Waals surface area contributed by atoms with Gasteiger partial charge in [0.05, 0.1) is 5.88 Å². The summed E-state index contributed by atoms with van der Waals surface area (Å²) in [5, 5.41) is 0. The predicted octanol–water partition coefficient (Wildman–Crippen LogP) is 3.20. The van der Waals surface area contributed by atoms with Crippen LogP contribution in [0.2, 0.25) is 0 Å². The molecule has 3 rings (SSSR count). The van der Waals surface area contributed by atoms with E-state index >= 15 is 0 Å². The Morgan fingerprint density at radius 1 is 1.50 bits per heavy atom. The molecule has 0 spiro atoms. The molecule has 0 N–H and O–H groups in total. The van der Waals surface area contributed by atoms with E-state index in [2.05, 4.69) is 21.5 Å².